The number of nitrogens with one attached hydrogen (secondary N) is 1. The van der Waals surface area contributed by atoms with Crippen LogP contribution in [0.2, 0.25) is 0 Å². The third kappa shape index (κ3) is 6.94. The molecule has 2 amide bonds. The van der Waals surface area contributed by atoms with Gasteiger partial charge >= 0.3 is 18.0 Å². The number of amides is 2. The van der Waals surface area contributed by atoms with Gasteiger partial charge in [-0.3, -0.25) is 9.80 Å². The molecule has 11 nitrogen and oxygen atoms in total. The maximum atomic E-state index is 13.4. The van der Waals surface area contributed by atoms with Gasteiger partial charge in [0.15, 0.2) is 12.2 Å². The van der Waals surface area contributed by atoms with Gasteiger partial charge in [-0.15, -0.1) is 0 Å². The Bertz CT molecular complexity index is 1170. The number of nitrogens with zero attached hydrogens (tertiary/aromatic N) is 3. The Hall–Kier alpha value is -3.58. The van der Waals surface area contributed by atoms with E-state index in [9.17, 15) is 18.8 Å². The lowest BCUT2D eigenvalue weighted by molar-refractivity contribution is -0.165. The number of halogens is 1. The molecule has 0 saturated carbocycles. The van der Waals surface area contributed by atoms with Crippen LogP contribution in [0, 0.1) is 5.82 Å². The van der Waals surface area contributed by atoms with Crippen LogP contribution in [0.15, 0.2) is 48.5 Å². The molecule has 2 unspecified atom stereocenters. The average molecular weight is 559 g/mol. The fourth-order valence-electron chi connectivity index (χ4n) is 5.52. The van der Waals surface area contributed by atoms with Crippen LogP contribution < -0.4 is 5.32 Å². The zero-order chi connectivity index (χ0) is 28.8. The SMILES string of the molecule is O=C(O)C(O)C(O)C(=O)O.O=C1NCCN1CCN1CCN([C@@H]2C[C@@H](c3ccc(F)cc3)c3ccccc32)CC1. The van der Waals surface area contributed by atoms with Gasteiger partial charge in [-0.2, -0.15) is 0 Å². The van der Waals surface area contributed by atoms with Crippen molar-refractivity contribution in [1.29, 1.82) is 0 Å². The number of hydrogen-bond acceptors (Lipinski definition) is 7. The first-order valence-electron chi connectivity index (χ1n) is 13.3. The second kappa shape index (κ2) is 13.2. The number of hydrogen-bond donors (Lipinski definition) is 5. The molecular formula is C28H35FN4O7. The first-order chi connectivity index (χ1) is 19.2. The van der Waals surface area contributed by atoms with Crippen molar-refractivity contribution in [2.45, 2.75) is 30.6 Å². The van der Waals surface area contributed by atoms with Gasteiger partial charge in [-0.25, -0.2) is 18.8 Å². The molecule has 0 aromatic heterocycles. The maximum absolute atomic E-state index is 13.4. The molecule has 3 aliphatic rings. The van der Waals surface area contributed by atoms with E-state index in [4.69, 9.17) is 20.4 Å². The molecule has 1 aliphatic carbocycles. The number of carboxylic acids is 2. The van der Waals surface area contributed by atoms with Crippen LogP contribution >= 0.6 is 0 Å². The van der Waals surface area contributed by atoms with E-state index in [1.807, 2.05) is 17.0 Å². The highest BCUT2D eigenvalue weighted by Gasteiger charge is 2.36. The summed E-state index contributed by atoms with van der Waals surface area (Å²) in [5.41, 5.74) is 4.01. The molecule has 5 rings (SSSR count). The van der Waals surface area contributed by atoms with Crippen LogP contribution in [0.1, 0.15) is 35.1 Å². The quantitative estimate of drug-likeness (QED) is 0.318. The normalized spacial score (nSPS) is 22.6. The Labute approximate surface area is 231 Å². The number of benzene rings is 2. The second-order valence-electron chi connectivity index (χ2n) is 10.1. The maximum Gasteiger partial charge on any atom is 0.335 e. The molecular weight excluding hydrogens is 523 g/mol. The van der Waals surface area contributed by atoms with Crippen molar-refractivity contribution < 1.29 is 39.2 Å². The summed E-state index contributed by atoms with van der Waals surface area (Å²) in [4.78, 5) is 38.3. The Morgan fingerprint density at radius 2 is 1.48 bits per heavy atom. The van der Waals surface area contributed by atoms with Crippen molar-refractivity contribution in [3.8, 4) is 0 Å². The Balaban J connectivity index is 0.000000318. The Kier molecular flexibility index (Phi) is 9.69. The Morgan fingerprint density at radius 1 is 0.875 bits per heavy atom. The summed E-state index contributed by atoms with van der Waals surface area (Å²) < 4.78 is 13.4. The van der Waals surface area contributed by atoms with Crippen molar-refractivity contribution in [3.63, 3.8) is 0 Å². The zero-order valence-electron chi connectivity index (χ0n) is 22.0. The summed E-state index contributed by atoms with van der Waals surface area (Å²) in [5.74, 6) is -3.38. The van der Waals surface area contributed by atoms with Gasteiger partial charge in [-0.1, -0.05) is 36.4 Å². The van der Waals surface area contributed by atoms with E-state index < -0.39 is 24.1 Å². The third-order valence-electron chi connectivity index (χ3n) is 7.75. The van der Waals surface area contributed by atoms with Gasteiger partial charge in [0.2, 0.25) is 0 Å². The average Bonchev–Trinajstić information content (AvgIpc) is 3.55. The third-order valence-corrected chi connectivity index (χ3v) is 7.75. The number of piperazine rings is 1. The number of fused-ring (bicyclic) bond motifs is 1. The lowest BCUT2D eigenvalue weighted by Gasteiger charge is -2.39. The molecule has 40 heavy (non-hydrogen) atoms. The minimum Gasteiger partial charge on any atom is -0.479 e. The number of urea groups is 1. The first kappa shape index (κ1) is 29.4. The van der Waals surface area contributed by atoms with Crippen LogP contribution in [0.3, 0.4) is 0 Å². The predicted molar refractivity (Wildman–Crippen MR) is 142 cm³/mol. The van der Waals surface area contributed by atoms with Gasteiger partial charge in [0.25, 0.3) is 0 Å². The largest absolute Gasteiger partial charge is 0.479 e. The Morgan fingerprint density at radius 3 is 2.02 bits per heavy atom. The number of aliphatic carboxylic acids is 2. The number of carbonyl (C=O) groups excluding carboxylic acids is 1. The van der Waals surface area contributed by atoms with Crippen molar-refractivity contribution in [3.05, 3.63) is 71.0 Å². The van der Waals surface area contributed by atoms with Crippen LogP contribution in [0.25, 0.3) is 0 Å². The van der Waals surface area contributed by atoms with E-state index >= 15 is 0 Å². The highest BCUT2D eigenvalue weighted by Crippen LogP contribution is 2.46. The highest BCUT2D eigenvalue weighted by molar-refractivity contribution is 5.83. The summed E-state index contributed by atoms with van der Waals surface area (Å²) >= 11 is 0. The van der Waals surface area contributed by atoms with E-state index in [1.165, 1.54) is 16.7 Å². The standard InChI is InChI=1S/C24H29FN4O.C4H6O6/c25-19-7-5-18(6-8-19)22-17-23(21-4-2-1-3-20(21)22)28-14-11-27(12-15-28)13-16-29-10-9-26-24(29)30;5-1(3(7)8)2(6)4(9)10/h1-8,22-23H,9-17H2,(H,26,30);1-2,5-6H,(H,7,8)(H,9,10)/t22-,23+;/m0./s1. The number of carboxylic acid groups (broad SMARTS) is 2. The summed E-state index contributed by atoms with van der Waals surface area (Å²) in [7, 11) is 0. The van der Waals surface area contributed by atoms with Gasteiger partial charge in [0, 0.05) is 64.3 Å². The van der Waals surface area contributed by atoms with Crippen molar-refractivity contribution in [2.24, 2.45) is 0 Å². The molecule has 0 spiro atoms. The van der Waals surface area contributed by atoms with E-state index in [1.54, 1.807) is 12.1 Å². The number of aliphatic hydroxyl groups excluding tert-OH is 2. The zero-order valence-corrected chi connectivity index (χ0v) is 22.0. The molecule has 0 radical (unpaired) electrons. The summed E-state index contributed by atoms with van der Waals surface area (Å²) in [6.45, 7) is 7.50. The fraction of sp³-hybridized carbons (Fsp3) is 0.464. The smallest absolute Gasteiger partial charge is 0.335 e. The first-order valence-corrected chi connectivity index (χ1v) is 13.3. The van der Waals surface area contributed by atoms with Crippen LogP contribution in [0.4, 0.5) is 9.18 Å². The molecule has 0 bridgehead atoms. The second-order valence-corrected chi connectivity index (χ2v) is 10.1. The van der Waals surface area contributed by atoms with Crippen LogP contribution in [-0.2, 0) is 9.59 Å². The molecule has 5 N–H and O–H groups in total. The van der Waals surface area contributed by atoms with Gasteiger partial charge in [-0.05, 0) is 35.2 Å². The minimum absolute atomic E-state index is 0.0723. The van der Waals surface area contributed by atoms with Crippen LogP contribution in [0.5, 0.6) is 0 Å². The molecule has 2 fully saturated rings. The molecule has 4 atom stereocenters. The molecule has 12 heteroatoms. The number of rotatable bonds is 8. The minimum atomic E-state index is -2.27. The molecule has 2 saturated heterocycles. The lowest BCUT2D eigenvalue weighted by atomic mass is 9.93. The van der Waals surface area contributed by atoms with Crippen molar-refractivity contribution in [1.82, 2.24) is 20.0 Å². The van der Waals surface area contributed by atoms with E-state index in [0.29, 0.717) is 12.0 Å². The van der Waals surface area contributed by atoms with Gasteiger partial charge in [0.05, 0.1) is 0 Å². The van der Waals surface area contributed by atoms with Gasteiger partial charge < -0.3 is 30.6 Å². The molecule has 216 valence electrons. The van der Waals surface area contributed by atoms with E-state index in [-0.39, 0.29) is 11.8 Å². The molecule has 2 aliphatic heterocycles. The predicted octanol–water partition coefficient (Wildman–Crippen LogP) is 0.923. The molecule has 2 aromatic rings. The van der Waals surface area contributed by atoms with Gasteiger partial charge in [0.1, 0.15) is 5.82 Å². The fourth-order valence-corrected chi connectivity index (χ4v) is 5.52. The summed E-state index contributed by atoms with van der Waals surface area (Å²) in [6.07, 6.45) is -3.48. The van der Waals surface area contributed by atoms with E-state index in [0.717, 1.165) is 58.8 Å². The van der Waals surface area contributed by atoms with Crippen molar-refractivity contribution in [2.75, 3.05) is 52.4 Å². The topological polar surface area (TPSA) is 154 Å². The number of aliphatic hydroxyl groups is 2. The van der Waals surface area contributed by atoms with E-state index in [2.05, 4.69) is 39.4 Å². The number of carbonyl (C=O) groups is 3. The van der Waals surface area contributed by atoms with Crippen LogP contribution in [-0.4, -0.2) is 118 Å². The lowest BCUT2D eigenvalue weighted by Crippen LogP contribution is -2.49. The molecule has 2 aromatic carbocycles. The highest BCUT2D eigenvalue weighted by atomic mass is 19.1. The molecule has 2 heterocycles. The summed E-state index contributed by atoms with van der Waals surface area (Å²) in [5, 5.41) is 35.4. The summed E-state index contributed by atoms with van der Waals surface area (Å²) in [6, 6.07) is 16.3. The van der Waals surface area contributed by atoms with Crippen molar-refractivity contribution >= 4 is 18.0 Å². The monoisotopic (exact) mass is 558 g/mol.